The number of hydrogen-bond acceptors (Lipinski definition) is 4. The Labute approximate surface area is 119 Å². The van der Waals surface area contributed by atoms with E-state index in [-0.39, 0.29) is 18.7 Å². The van der Waals surface area contributed by atoms with E-state index in [1.165, 1.54) is 6.08 Å². The van der Waals surface area contributed by atoms with Gasteiger partial charge in [-0.25, -0.2) is 4.79 Å². The smallest absolute Gasteiger partial charge is 0.330 e. The molecular weight excluding hydrogens is 287 g/mol. The van der Waals surface area contributed by atoms with Gasteiger partial charge in [0.1, 0.15) is 0 Å². The van der Waals surface area contributed by atoms with Crippen molar-refractivity contribution in [2.24, 2.45) is 0 Å². The molecule has 0 aliphatic rings. The van der Waals surface area contributed by atoms with Crippen molar-refractivity contribution in [3.05, 3.63) is 12.7 Å². The Morgan fingerprint density at radius 1 is 1.32 bits per heavy atom. The summed E-state index contributed by atoms with van der Waals surface area (Å²) in [6.45, 7) is 2.02. The van der Waals surface area contributed by atoms with Crippen molar-refractivity contribution >= 4 is 24.5 Å². The minimum atomic E-state index is -3.48. The summed E-state index contributed by atoms with van der Waals surface area (Å²) in [4.78, 5) is 28.6. The number of ether oxygens (including phenoxy) is 1. The molecule has 0 amide bonds. The zero-order chi connectivity index (χ0) is 14.7. The van der Waals surface area contributed by atoms with E-state index in [0.29, 0.717) is 0 Å². The van der Waals surface area contributed by atoms with E-state index in [1.54, 1.807) is 0 Å². The molecule has 0 fully saturated rings. The van der Waals surface area contributed by atoms with Crippen LogP contribution < -0.4 is 0 Å². The first-order chi connectivity index (χ1) is 8.85. The van der Waals surface area contributed by atoms with Crippen LogP contribution in [-0.4, -0.2) is 28.5 Å². The van der Waals surface area contributed by atoms with E-state index in [4.69, 9.17) is 19.0 Å². The van der Waals surface area contributed by atoms with Crippen LogP contribution in [0.1, 0.15) is 45.4 Å². The number of carbonyl (C=O) groups is 1. The topological polar surface area (TPSA) is 76.0 Å². The Hall–Kier alpha value is -0.260. The summed E-state index contributed by atoms with van der Waals surface area (Å²) < 4.78 is 9.74. The standard InChI is InChI=1S/C12H23O5PS/c1-3-12(13)17-11(2)9-7-5-4-6-8-10-16-18(14,15)19/h3,11H,1,4-10H2,2H3,(H2,14,15,19). The maximum absolute atomic E-state index is 10.9. The van der Waals surface area contributed by atoms with Crippen LogP contribution in [0.5, 0.6) is 0 Å². The highest BCUT2D eigenvalue weighted by Crippen LogP contribution is 2.36. The average molecular weight is 310 g/mol. The third-order valence-electron chi connectivity index (χ3n) is 2.50. The molecule has 0 aromatic heterocycles. The molecule has 1 atom stereocenters. The van der Waals surface area contributed by atoms with Gasteiger partial charge in [0.25, 0.3) is 0 Å². The Kier molecular flexibility index (Phi) is 10.4. The molecule has 0 aliphatic heterocycles. The third-order valence-corrected chi connectivity index (χ3v) is 3.33. The van der Waals surface area contributed by atoms with Crippen molar-refractivity contribution in [1.29, 1.82) is 0 Å². The van der Waals surface area contributed by atoms with Crippen molar-refractivity contribution in [3.63, 3.8) is 0 Å². The van der Waals surface area contributed by atoms with Crippen LogP contribution in [0.2, 0.25) is 0 Å². The van der Waals surface area contributed by atoms with Crippen LogP contribution >= 0.6 is 6.72 Å². The molecule has 0 saturated heterocycles. The monoisotopic (exact) mass is 310 g/mol. The molecule has 0 spiro atoms. The largest absolute Gasteiger partial charge is 0.460 e. The Morgan fingerprint density at radius 3 is 2.47 bits per heavy atom. The van der Waals surface area contributed by atoms with Crippen LogP contribution in [0.25, 0.3) is 0 Å². The Balaban J connectivity index is 3.34. The summed E-state index contributed by atoms with van der Waals surface area (Å²) in [7, 11) is 0. The van der Waals surface area contributed by atoms with Crippen LogP contribution in [0.3, 0.4) is 0 Å². The van der Waals surface area contributed by atoms with Gasteiger partial charge in [0.15, 0.2) is 0 Å². The second kappa shape index (κ2) is 10.5. The highest BCUT2D eigenvalue weighted by atomic mass is 32.5. The summed E-state index contributed by atoms with van der Waals surface area (Å²) in [5.74, 6) is -0.381. The van der Waals surface area contributed by atoms with Crippen molar-refractivity contribution in [2.45, 2.75) is 51.6 Å². The van der Waals surface area contributed by atoms with Gasteiger partial charge in [-0.15, -0.1) is 0 Å². The predicted molar refractivity (Wildman–Crippen MR) is 78.1 cm³/mol. The van der Waals surface area contributed by atoms with Gasteiger partial charge in [-0.3, -0.25) is 0 Å². The predicted octanol–water partition coefficient (Wildman–Crippen LogP) is 2.67. The Morgan fingerprint density at radius 2 is 1.89 bits per heavy atom. The van der Waals surface area contributed by atoms with E-state index in [1.807, 2.05) is 6.92 Å². The lowest BCUT2D eigenvalue weighted by atomic mass is 10.1. The third kappa shape index (κ3) is 14.0. The zero-order valence-corrected chi connectivity index (χ0v) is 13.0. The molecule has 2 N–H and O–H groups in total. The first kappa shape index (κ1) is 18.7. The maximum atomic E-state index is 10.9. The molecule has 1 unspecified atom stereocenters. The normalized spacial score (nSPS) is 13.0. The van der Waals surface area contributed by atoms with Crippen molar-refractivity contribution < 1.29 is 23.8 Å². The minimum absolute atomic E-state index is 0.0803. The lowest BCUT2D eigenvalue weighted by molar-refractivity contribution is -0.142. The first-order valence-electron chi connectivity index (χ1n) is 6.38. The first-order valence-corrected chi connectivity index (χ1v) is 9.01. The Bertz CT molecular complexity index is 315. The van der Waals surface area contributed by atoms with Gasteiger partial charge in [-0.1, -0.05) is 25.8 Å². The number of rotatable bonds is 11. The zero-order valence-electron chi connectivity index (χ0n) is 11.3. The lowest BCUT2D eigenvalue weighted by Crippen LogP contribution is -2.12. The molecule has 5 nitrogen and oxygen atoms in total. The van der Waals surface area contributed by atoms with E-state index < -0.39 is 6.72 Å². The fourth-order valence-electron chi connectivity index (χ4n) is 1.55. The van der Waals surface area contributed by atoms with Crippen LogP contribution in [0.15, 0.2) is 12.7 Å². The second-order valence-corrected chi connectivity index (χ2v) is 7.00. The summed E-state index contributed by atoms with van der Waals surface area (Å²) in [6.07, 6.45) is 6.71. The van der Waals surface area contributed by atoms with E-state index >= 15 is 0 Å². The molecule has 0 radical (unpaired) electrons. The van der Waals surface area contributed by atoms with Gasteiger partial charge >= 0.3 is 12.7 Å². The van der Waals surface area contributed by atoms with Gasteiger partial charge in [0.2, 0.25) is 0 Å². The molecule has 0 saturated carbocycles. The fraction of sp³-hybridized carbons (Fsp3) is 0.750. The highest BCUT2D eigenvalue weighted by molar-refractivity contribution is 8.06. The maximum Gasteiger partial charge on any atom is 0.330 e. The van der Waals surface area contributed by atoms with Crippen molar-refractivity contribution in [2.75, 3.05) is 6.61 Å². The molecule has 0 aromatic carbocycles. The molecule has 0 rings (SSSR count). The van der Waals surface area contributed by atoms with E-state index in [2.05, 4.69) is 18.4 Å². The molecule has 19 heavy (non-hydrogen) atoms. The average Bonchev–Trinajstić information content (AvgIpc) is 2.31. The highest BCUT2D eigenvalue weighted by Gasteiger charge is 2.07. The number of esters is 1. The van der Waals surface area contributed by atoms with E-state index in [9.17, 15) is 4.79 Å². The van der Waals surface area contributed by atoms with Gasteiger partial charge in [0, 0.05) is 6.08 Å². The lowest BCUT2D eigenvalue weighted by Gasteiger charge is -2.11. The summed E-state index contributed by atoms with van der Waals surface area (Å²) in [5.41, 5.74) is 0. The SMILES string of the molecule is C=CC(=O)OC(C)CCCCCCCOP(O)(O)=S. The molecular formula is C12H23O5PS. The fourth-order valence-corrected chi connectivity index (χ4v) is 2.14. The molecule has 7 heteroatoms. The second-order valence-electron chi connectivity index (χ2n) is 4.33. The van der Waals surface area contributed by atoms with Gasteiger partial charge < -0.3 is 19.0 Å². The van der Waals surface area contributed by atoms with Crippen LogP contribution in [-0.2, 0) is 25.9 Å². The quantitative estimate of drug-likeness (QED) is 0.264. The van der Waals surface area contributed by atoms with Crippen molar-refractivity contribution in [1.82, 2.24) is 0 Å². The molecule has 0 aliphatic carbocycles. The summed E-state index contributed by atoms with van der Waals surface area (Å²) in [6, 6.07) is 0. The van der Waals surface area contributed by atoms with Crippen LogP contribution in [0.4, 0.5) is 0 Å². The molecule has 0 heterocycles. The molecule has 0 bridgehead atoms. The van der Waals surface area contributed by atoms with Crippen molar-refractivity contribution in [3.8, 4) is 0 Å². The van der Waals surface area contributed by atoms with Crippen LogP contribution in [0, 0.1) is 0 Å². The van der Waals surface area contributed by atoms with Gasteiger partial charge in [-0.2, -0.15) is 0 Å². The molecule has 112 valence electrons. The minimum Gasteiger partial charge on any atom is -0.460 e. The van der Waals surface area contributed by atoms with Gasteiger partial charge in [0.05, 0.1) is 12.7 Å². The summed E-state index contributed by atoms with van der Waals surface area (Å²) in [5, 5.41) is 0. The van der Waals surface area contributed by atoms with E-state index in [0.717, 1.165) is 38.5 Å². The summed E-state index contributed by atoms with van der Waals surface area (Å²) >= 11 is 4.33. The number of unbranched alkanes of at least 4 members (excludes halogenated alkanes) is 4. The molecule has 0 aromatic rings. The van der Waals surface area contributed by atoms with Gasteiger partial charge in [-0.05, 0) is 38.0 Å². The number of hydrogen-bond donors (Lipinski definition) is 2. The number of carbonyl (C=O) groups excluding carboxylic acids is 1.